The van der Waals surface area contributed by atoms with E-state index in [0.717, 1.165) is 0 Å². The first-order valence-corrected chi connectivity index (χ1v) is 7.14. The third-order valence-electron chi connectivity index (χ3n) is 3.09. The number of halogens is 2. The highest BCUT2D eigenvalue weighted by molar-refractivity contribution is 6.31. The Bertz CT molecular complexity index is 835. The van der Waals surface area contributed by atoms with Crippen LogP contribution in [0.5, 0.6) is 0 Å². The van der Waals surface area contributed by atoms with Gasteiger partial charge in [-0.15, -0.1) is 0 Å². The van der Waals surface area contributed by atoms with Crippen LogP contribution in [0.25, 0.3) is 17.2 Å². The molecule has 0 fully saturated rings. The minimum Gasteiger partial charge on any atom is -0.457 e. The standard InChI is InChI=1S/C17H11ClFNO3/c18-12-4-3-5-13(19)11(12)10-22-17(21)9-8-16-20-14-6-1-2-7-15(14)23-16/h1-9H,10H2/b9-8+. The lowest BCUT2D eigenvalue weighted by Crippen LogP contribution is -2.03. The van der Waals surface area contributed by atoms with E-state index in [2.05, 4.69) is 4.98 Å². The Labute approximate surface area is 136 Å². The monoisotopic (exact) mass is 331 g/mol. The average molecular weight is 332 g/mol. The molecule has 6 heteroatoms. The highest BCUT2D eigenvalue weighted by atomic mass is 35.5. The van der Waals surface area contributed by atoms with Crippen LogP contribution in [0.4, 0.5) is 4.39 Å². The number of esters is 1. The van der Waals surface area contributed by atoms with Crippen molar-refractivity contribution in [2.24, 2.45) is 0 Å². The molecule has 0 radical (unpaired) electrons. The van der Waals surface area contributed by atoms with Crippen LogP contribution in [0.3, 0.4) is 0 Å². The maximum Gasteiger partial charge on any atom is 0.331 e. The fourth-order valence-corrected chi connectivity index (χ4v) is 2.18. The largest absolute Gasteiger partial charge is 0.457 e. The molecular weight excluding hydrogens is 321 g/mol. The number of carbonyl (C=O) groups is 1. The number of hydrogen-bond acceptors (Lipinski definition) is 4. The van der Waals surface area contributed by atoms with E-state index in [0.29, 0.717) is 11.1 Å². The van der Waals surface area contributed by atoms with Gasteiger partial charge in [-0.3, -0.25) is 0 Å². The van der Waals surface area contributed by atoms with Gasteiger partial charge in [-0.2, -0.15) is 0 Å². The molecule has 0 N–H and O–H groups in total. The zero-order valence-electron chi connectivity index (χ0n) is 11.8. The molecule has 0 amide bonds. The van der Waals surface area contributed by atoms with Gasteiger partial charge in [0.15, 0.2) is 5.58 Å². The van der Waals surface area contributed by atoms with E-state index in [1.165, 1.54) is 30.4 Å². The third kappa shape index (κ3) is 3.57. The molecular formula is C17H11ClFNO3. The molecule has 0 atom stereocenters. The Kier molecular flexibility index (Phi) is 4.39. The maximum atomic E-state index is 13.6. The Morgan fingerprint density at radius 1 is 1.26 bits per heavy atom. The SMILES string of the molecule is O=C(/C=C/c1nc2ccccc2o1)OCc1c(F)cccc1Cl. The first kappa shape index (κ1) is 15.2. The zero-order valence-corrected chi connectivity index (χ0v) is 12.6. The summed E-state index contributed by atoms with van der Waals surface area (Å²) < 4.78 is 23.9. The van der Waals surface area contributed by atoms with Gasteiger partial charge in [0.25, 0.3) is 0 Å². The van der Waals surface area contributed by atoms with Gasteiger partial charge in [0.1, 0.15) is 17.9 Å². The first-order valence-electron chi connectivity index (χ1n) is 6.77. The molecule has 116 valence electrons. The number of benzene rings is 2. The van der Waals surface area contributed by atoms with Crippen molar-refractivity contribution in [2.45, 2.75) is 6.61 Å². The predicted molar refractivity (Wildman–Crippen MR) is 84.2 cm³/mol. The lowest BCUT2D eigenvalue weighted by Gasteiger charge is -2.05. The molecule has 0 bridgehead atoms. The average Bonchev–Trinajstić information content (AvgIpc) is 2.95. The minimum atomic E-state index is -0.647. The Hall–Kier alpha value is -2.66. The van der Waals surface area contributed by atoms with Crippen LogP contribution < -0.4 is 0 Å². The second-order valence-electron chi connectivity index (χ2n) is 4.66. The molecule has 0 unspecified atom stereocenters. The van der Waals surface area contributed by atoms with E-state index < -0.39 is 11.8 Å². The van der Waals surface area contributed by atoms with Crippen LogP contribution in [-0.4, -0.2) is 11.0 Å². The summed E-state index contributed by atoms with van der Waals surface area (Å²) in [5.74, 6) is -0.883. The summed E-state index contributed by atoms with van der Waals surface area (Å²) in [6, 6.07) is 11.5. The van der Waals surface area contributed by atoms with E-state index in [9.17, 15) is 9.18 Å². The molecule has 3 aromatic rings. The number of aromatic nitrogens is 1. The van der Waals surface area contributed by atoms with Crippen molar-refractivity contribution < 1.29 is 18.3 Å². The lowest BCUT2D eigenvalue weighted by molar-refractivity contribution is -0.138. The molecule has 0 saturated heterocycles. The van der Waals surface area contributed by atoms with Gasteiger partial charge in [-0.25, -0.2) is 14.2 Å². The van der Waals surface area contributed by atoms with Crippen molar-refractivity contribution in [1.82, 2.24) is 4.98 Å². The fourth-order valence-electron chi connectivity index (χ4n) is 1.96. The molecule has 0 spiro atoms. The Balaban J connectivity index is 1.65. The molecule has 23 heavy (non-hydrogen) atoms. The number of fused-ring (bicyclic) bond motifs is 1. The van der Waals surface area contributed by atoms with Crippen LogP contribution in [0, 0.1) is 5.82 Å². The van der Waals surface area contributed by atoms with E-state index in [1.54, 1.807) is 12.1 Å². The third-order valence-corrected chi connectivity index (χ3v) is 3.45. The Morgan fingerprint density at radius 2 is 2.09 bits per heavy atom. The molecule has 1 heterocycles. The number of hydrogen-bond donors (Lipinski definition) is 0. The summed E-state index contributed by atoms with van der Waals surface area (Å²) in [5.41, 5.74) is 1.45. The van der Waals surface area contributed by atoms with Gasteiger partial charge in [0, 0.05) is 17.7 Å². The predicted octanol–water partition coefficient (Wildman–Crippen LogP) is 4.38. The van der Waals surface area contributed by atoms with Crippen molar-refractivity contribution in [2.75, 3.05) is 0 Å². The number of rotatable bonds is 4. The van der Waals surface area contributed by atoms with Gasteiger partial charge in [-0.05, 0) is 24.3 Å². The summed E-state index contributed by atoms with van der Waals surface area (Å²) in [7, 11) is 0. The number of para-hydroxylation sites is 2. The zero-order chi connectivity index (χ0) is 16.2. The molecule has 4 nitrogen and oxygen atoms in total. The number of ether oxygens (including phenoxy) is 1. The molecule has 1 aromatic heterocycles. The second-order valence-corrected chi connectivity index (χ2v) is 5.07. The van der Waals surface area contributed by atoms with Gasteiger partial charge in [0.2, 0.25) is 5.89 Å². The van der Waals surface area contributed by atoms with Crippen LogP contribution in [-0.2, 0) is 16.1 Å². The van der Waals surface area contributed by atoms with Crippen LogP contribution in [0.1, 0.15) is 11.5 Å². The van der Waals surface area contributed by atoms with Crippen molar-refractivity contribution in [3.63, 3.8) is 0 Å². The molecule has 0 aliphatic carbocycles. The quantitative estimate of drug-likeness (QED) is 0.526. The van der Waals surface area contributed by atoms with Crippen LogP contribution in [0.15, 0.2) is 53.0 Å². The summed E-state index contributed by atoms with van der Waals surface area (Å²) in [6.07, 6.45) is 2.56. The highest BCUT2D eigenvalue weighted by Crippen LogP contribution is 2.20. The fraction of sp³-hybridized carbons (Fsp3) is 0.0588. The first-order chi connectivity index (χ1) is 11.1. The lowest BCUT2D eigenvalue weighted by atomic mass is 10.2. The summed E-state index contributed by atoms with van der Waals surface area (Å²) in [6.45, 7) is -0.248. The highest BCUT2D eigenvalue weighted by Gasteiger charge is 2.09. The summed E-state index contributed by atoms with van der Waals surface area (Å²) in [5, 5.41) is 0.209. The number of carbonyl (C=O) groups excluding carboxylic acids is 1. The normalized spacial score (nSPS) is 11.2. The van der Waals surface area contributed by atoms with E-state index in [4.69, 9.17) is 20.8 Å². The molecule has 0 saturated carbocycles. The smallest absolute Gasteiger partial charge is 0.331 e. The molecule has 0 aliphatic rings. The summed E-state index contributed by atoms with van der Waals surface area (Å²) in [4.78, 5) is 15.9. The van der Waals surface area contributed by atoms with Crippen molar-refractivity contribution in [3.05, 3.63) is 70.8 Å². The maximum absolute atomic E-state index is 13.6. The van der Waals surface area contributed by atoms with Crippen LogP contribution in [0.2, 0.25) is 5.02 Å². The topological polar surface area (TPSA) is 52.3 Å². The number of oxazole rings is 1. The van der Waals surface area contributed by atoms with Crippen molar-refractivity contribution in [3.8, 4) is 0 Å². The van der Waals surface area contributed by atoms with Gasteiger partial charge in [-0.1, -0.05) is 29.8 Å². The van der Waals surface area contributed by atoms with E-state index in [1.807, 2.05) is 12.1 Å². The molecule has 0 aliphatic heterocycles. The molecule has 2 aromatic carbocycles. The Morgan fingerprint density at radius 3 is 2.87 bits per heavy atom. The number of nitrogens with zero attached hydrogens (tertiary/aromatic N) is 1. The minimum absolute atomic E-state index is 0.137. The van der Waals surface area contributed by atoms with Crippen molar-refractivity contribution >= 4 is 34.7 Å². The van der Waals surface area contributed by atoms with E-state index in [-0.39, 0.29) is 23.1 Å². The van der Waals surface area contributed by atoms with Gasteiger partial charge < -0.3 is 9.15 Å². The van der Waals surface area contributed by atoms with Crippen molar-refractivity contribution in [1.29, 1.82) is 0 Å². The van der Waals surface area contributed by atoms with Gasteiger partial charge >= 0.3 is 5.97 Å². The van der Waals surface area contributed by atoms with E-state index >= 15 is 0 Å². The summed E-state index contributed by atoms with van der Waals surface area (Å²) >= 11 is 5.86. The van der Waals surface area contributed by atoms with Gasteiger partial charge in [0.05, 0.1) is 5.02 Å². The van der Waals surface area contributed by atoms with Crippen LogP contribution >= 0.6 is 11.6 Å². The molecule has 3 rings (SSSR count). The second kappa shape index (κ2) is 6.62.